The summed E-state index contributed by atoms with van der Waals surface area (Å²) in [5.74, 6) is -0.309. The molecule has 110 valence electrons. The van der Waals surface area contributed by atoms with E-state index >= 15 is 0 Å². The van der Waals surface area contributed by atoms with Crippen LogP contribution >= 0.6 is 0 Å². The maximum atomic E-state index is 10.4. The summed E-state index contributed by atoms with van der Waals surface area (Å²) in [6.07, 6.45) is 5.23. The molecule has 0 saturated heterocycles. The van der Waals surface area contributed by atoms with Gasteiger partial charge in [-0.2, -0.15) is 0 Å². The number of aromatic nitrogens is 1. The number of aromatic amines is 1. The molecule has 0 spiro atoms. The van der Waals surface area contributed by atoms with Crippen molar-refractivity contribution in [3.05, 3.63) is 36.0 Å². The standard InChI is InChI=1S/C9H9N.C7H15NO2/c1-7-6-10-9-5-3-2-4-8(7)9;1-2-3-4-5-10-7(9)6-8/h2-6,10H,1H3;2-6,8H2,1H3. The fourth-order valence-corrected chi connectivity index (χ4v) is 1.81. The molecule has 0 unspecified atom stereocenters. The minimum absolute atomic E-state index is 0.00781. The van der Waals surface area contributed by atoms with Crippen molar-refractivity contribution in [2.75, 3.05) is 13.2 Å². The third-order valence-electron chi connectivity index (χ3n) is 2.97. The second-order valence-electron chi connectivity index (χ2n) is 4.65. The highest BCUT2D eigenvalue weighted by atomic mass is 16.5. The molecule has 2 rings (SSSR count). The summed E-state index contributed by atoms with van der Waals surface area (Å²) in [7, 11) is 0. The number of hydrogen-bond donors (Lipinski definition) is 2. The SMILES string of the molecule is CCCCCOC(=O)CN.Cc1c[nH]c2ccccc12. The van der Waals surface area contributed by atoms with Crippen LogP contribution in [0.4, 0.5) is 0 Å². The number of nitrogens with one attached hydrogen (secondary N) is 1. The number of ether oxygens (including phenoxy) is 1. The van der Waals surface area contributed by atoms with Crippen LogP contribution in [0, 0.1) is 6.92 Å². The molecule has 4 nitrogen and oxygen atoms in total. The zero-order chi connectivity index (χ0) is 14.8. The molecule has 0 saturated carbocycles. The third-order valence-corrected chi connectivity index (χ3v) is 2.97. The first kappa shape index (κ1) is 16.2. The maximum absolute atomic E-state index is 10.4. The minimum atomic E-state index is -0.309. The molecule has 1 aromatic heterocycles. The summed E-state index contributed by atoms with van der Waals surface area (Å²) in [6.45, 7) is 4.72. The van der Waals surface area contributed by atoms with Gasteiger partial charge >= 0.3 is 5.97 Å². The Bertz CT molecular complexity index is 520. The summed E-state index contributed by atoms with van der Waals surface area (Å²) < 4.78 is 4.73. The van der Waals surface area contributed by atoms with Crippen LogP contribution in [-0.2, 0) is 9.53 Å². The number of aryl methyl sites for hydroxylation is 1. The molecule has 20 heavy (non-hydrogen) atoms. The second kappa shape index (κ2) is 9.15. The van der Waals surface area contributed by atoms with Crippen molar-refractivity contribution in [1.82, 2.24) is 4.98 Å². The Morgan fingerprint density at radius 1 is 1.30 bits per heavy atom. The molecule has 0 bridgehead atoms. The van der Waals surface area contributed by atoms with E-state index in [4.69, 9.17) is 10.5 Å². The van der Waals surface area contributed by atoms with Crippen LogP contribution < -0.4 is 5.73 Å². The van der Waals surface area contributed by atoms with Crippen molar-refractivity contribution in [2.45, 2.75) is 33.1 Å². The van der Waals surface area contributed by atoms with Gasteiger partial charge in [0.15, 0.2) is 0 Å². The molecular formula is C16H24N2O2. The van der Waals surface area contributed by atoms with Crippen LogP contribution in [0.2, 0.25) is 0 Å². The number of carbonyl (C=O) groups excluding carboxylic acids is 1. The van der Waals surface area contributed by atoms with Crippen molar-refractivity contribution in [3.63, 3.8) is 0 Å². The molecule has 4 heteroatoms. The molecule has 1 heterocycles. The average molecular weight is 276 g/mol. The first-order valence-corrected chi connectivity index (χ1v) is 7.07. The largest absolute Gasteiger partial charge is 0.465 e. The van der Waals surface area contributed by atoms with Gasteiger partial charge in [0.2, 0.25) is 0 Å². The van der Waals surface area contributed by atoms with Gasteiger partial charge in [-0.1, -0.05) is 38.0 Å². The van der Waals surface area contributed by atoms with E-state index in [0.29, 0.717) is 6.61 Å². The Balaban J connectivity index is 0.000000200. The lowest BCUT2D eigenvalue weighted by Gasteiger charge is -2.00. The van der Waals surface area contributed by atoms with Gasteiger partial charge in [0.25, 0.3) is 0 Å². The second-order valence-corrected chi connectivity index (χ2v) is 4.65. The van der Waals surface area contributed by atoms with Gasteiger partial charge in [-0.3, -0.25) is 4.79 Å². The predicted octanol–water partition coefficient (Wildman–Crippen LogP) is 3.15. The monoisotopic (exact) mass is 276 g/mol. The van der Waals surface area contributed by atoms with Crippen LogP contribution in [0.15, 0.2) is 30.5 Å². The molecule has 3 N–H and O–H groups in total. The number of H-pyrrole nitrogens is 1. The van der Waals surface area contributed by atoms with Gasteiger partial charge in [0, 0.05) is 17.1 Å². The molecule has 0 aliphatic heterocycles. The molecule has 0 aliphatic rings. The highest BCUT2D eigenvalue weighted by Gasteiger charge is 1.96. The summed E-state index contributed by atoms with van der Waals surface area (Å²) in [4.78, 5) is 13.6. The Hall–Kier alpha value is -1.81. The lowest BCUT2D eigenvalue weighted by molar-refractivity contribution is -0.142. The predicted molar refractivity (Wildman–Crippen MR) is 82.6 cm³/mol. The number of para-hydroxylation sites is 1. The normalized spacial score (nSPS) is 9.95. The zero-order valence-corrected chi connectivity index (χ0v) is 12.3. The quantitative estimate of drug-likeness (QED) is 0.651. The zero-order valence-electron chi connectivity index (χ0n) is 12.3. The number of carbonyl (C=O) groups is 1. The number of rotatable bonds is 5. The van der Waals surface area contributed by atoms with E-state index in [2.05, 4.69) is 37.0 Å². The van der Waals surface area contributed by atoms with Crippen molar-refractivity contribution in [1.29, 1.82) is 0 Å². The van der Waals surface area contributed by atoms with E-state index < -0.39 is 0 Å². The summed E-state index contributed by atoms with van der Waals surface area (Å²) >= 11 is 0. The van der Waals surface area contributed by atoms with E-state index in [0.717, 1.165) is 19.3 Å². The molecular weight excluding hydrogens is 252 g/mol. The molecule has 0 aliphatic carbocycles. The summed E-state index contributed by atoms with van der Waals surface area (Å²) in [5.41, 5.74) is 7.55. The van der Waals surface area contributed by atoms with Gasteiger partial charge in [-0.25, -0.2) is 0 Å². The molecule has 0 fully saturated rings. The van der Waals surface area contributed by atoms with Crippen molar-refractivity contribution in [3.8, 4) is 0 Å². The number of fused-ring (bicyclic) bond motifs is 1. The first-order valence-electron chi connectivity index (χ1n) is 7.07. The van der Waals surface area contributed by atoms with Crippen LogP contribution in [0.25, 0.3) is 10.9 Å². The van der Waals surface area contributed by atoms with E-state index in [1.165, 1.54) is 16.5 Å². The lowest BCUT2D eigenvalue weighted by Crippen LogP contribution is -2.17. The van der Waals surface area contributed by atoms with E-state index in [1.807, 2.05) is 12.3 Å². The fraction of sp³-hybridized carbons (Fsp3) is 0.438. The molecule has 1 aromatic carbocycles. The van der Waals surface area contributed by atoms with Crippen LogP contribution in [0.1, 0.15) is 31.7 Å². The Morgan fingerprint density at radius 2 is 2.05 bits per heavy atom. The maximum Gasteiger partial charge on any atom is 0.319 e. The van der Waals surface area contributed by atoms with Gasteiger partial charge < -0.3 is 15.5 Å². The Labute approximate surface area is 120 Å². The van der Waals surface area contributed by atoms with Crippen molar-refractivity contribution < 1.29 is 9.53 Å². The minimum Gasteiger partial charge on any atom is -0.465 e. The molecule has 2 aromatic rings. The van der Waals surface area contributed by atoms with Crippen LogP contribution in [-0.4, -0.2) is 24.1 Å². The number of nitrogens with two attached hydrogens (primary N) is 1. The molecule has 0 amide bonds. The summed E-state index contributed by atoms with van der Waals surface area (Å²) in [5, 5.41) is 1.32. The van der Waals surface area contributed by atoms with E-state index in [1.54, 1.807) is 0 Å². The third kappa shape index (κ3) is 5.45. The van der Waals surface area contributed by atoms with Crippen LogP contribution in [0.3, 0.4) is 0 Å². The lowest BCUT2D eigenvalue weighted by atomic mass is 10.2. The fourth-order valence-electron chi connectivity index (χ4n) is 1.81. The number of benzene rings is 1. The van der Waals surface area contributed by atoms with E-state index in [-0.39, 0.29) is 12.5 Å². The first-order chi connectivity index (χ1) is 9.69. The smallest absolute Gasteiger partial charge is 0.319 e. The van der Waals surface area contributed by atoms with E-state index in [9.17, 15) is 4.79 Å². The van der Waals surface area contributed by atoms with Gasteiger partial charge in [-0.05, 0) is 25.0 Å². The van der Waals surface area contributed by atoms with Gasteiger partial charge in [-0.15, -0.1) is 0 Å². The molecule has 0 atom stereocenters. The van der Waals surface area contributed by atoms with Crippen molar-refractivity contribution in [2.24, 2.45) is 5.73 Å². The van der Waals surface area contributed by atoms with Gasteiger partial charge in [0.05, 0.1) is 13.2 Å². The van der Waals surface area contributed by atoms with Crippen LogP contribution in [0.5, 0.6) is 0 Å². The topological polar surface area (TPSA) is 68.1 Å². The number of esters is 1. The highest BCUT2D eigenvalue weighted by Crippen LogP contribution is 2.15. The molecule has 0 radical (unpaired) electrons. The highest BCUT2D eigenvalue weighted by molar-refractivity contribution is 5.82. The summed E-state index contributed by atoms with van der Waals surface area (Å²) in [6, 6.07) is 8.31. The average Bonchev–Trinajstić information content (AvgIpc) is 2.86. The Morgan fingerprint density at radius 3 is 2.70 bits per heavy atom. The number of unbranched alkanes of at least 4 members (excludes halogenated alkanes) is 2. The number of hydrogen-bond acceptors (Lipinski definition) is 3. The van der Waals surface area contributed by atoms with Gasteiger partial charge in [0.1, 0.15) is 0 Å². The Kier molecular flexibility index (Phi) is 7.43. The van der Waals surface area contributed by atoms with Crippen molar-refractivity contribution >= 4 is 16.9 Å².